The highest BCUT2D eigenvalue weighted by Gasteiger charge is 2.47. The number of nitrogens with zero attached hydrogens (tertiary/aromatic N) is 5. The number of fused-ring (bicyclic) bond motifs is 1. The van der Waals surface area contributed by atoms with E-state index >= 15 is 0 Å². The molecule has 2 saturated carbocycles. The highest BCUT2D eigenvalue weighted by atomic mass is 35.5. The molecule has 3 aliphatic rings. The summed E-state index contributed by atoms with van der Waals surface area (Å²) in [6.07, 6.45) is 2.02. The fraction of sp³-hybridized carbons (Fsp3) is 0.452. The standard InChI is InChI=1S/C31H35N7O4S.ClH/c1-17-23(29-36-25-22(43-29)9-10-32-24(25)19-7-8-19)28(37-31(34-17)33-16-18-5-3-2-4-6-18)35-21-15-20(26(39)27(21)40)30(41)38-11-13-42-14-12-38;/h2-6,9-10,19-21,26-27,39-40H,7-8,11-16H2,1H3,(H2,33,34,35,37);1H/t20-,21+,26+,27-;/m0./s1. The minimum Gasteiger partial charge on any atom is -0.390 e. The SMILES string of the molecule is Cc1nc(NCc2ccccc2)nc(N[C@@H]2C[C@H](C(=O)N3CCOCC3)[C@@H](O)[C@H]2O)c1-c1nc2c(C3CC3)nccc2s1.Cl. The van der Waals surface area contributed by atoms with Gasteiger partial charge in [-0.05, 0) is 37.8 Å². The number of hydrogen-bond donors (Lipinski definition) is 4. The second-order valence-electron chi connectivity index (χ2n) is 11.5. The number of nitrogens with one attached hydrogen (secondary N) is 2. The Morgan fingerprint density at radius 2 is 1.84 bits per heavy atom. The molecular formula is C31H36ClN7O4S. The van der Waals surface area contributed by atoms with E-state index in [1.807, 2.05) is 49.5 Å². The van der Waals surface area contributed by atoms with Gasteiger partial charge in [-0.25, -0.2) is 9.97 Å². The van der Waals surface area contributed by atoms with E-state index in [0.29, 0.717) is 50.5 Å². The van der Waals surface area contributed by atoms with E-state index in [9.17, 15) is 15.0 Å². The third-order valence-corrected chi connectivity index (χ3v) is 9.58. The lowest BCUT2D eigenvalue weighted by atomic mass is 10.0. The first-order chi connectivity index (χ1) is 21.0. The molecule has 1 aromatic carbocycles. The zero-order chi connectivity index (χ0) is 29.5. The molecule has 4 heterocycles. The van der Waals surface area contributed by atoms with Crippen LogP contribution in [0.2, 0.25) is 0 Å². The zero-order valence-corrected chi connectivity index (χ0v) is 26.0. The van der Waals surface area contributed by atoms with Gasteiger partial charge in [0, 0.05) is 31.7 Å². The Kier molecular flexibility index (Phi) is 8.97. The van der Waals surface area contributed by atoms with Crippen molar-refractivity contribution in [3.8, 4) is 10.6 Å². The van der Waals surface area contributed by atoms with E-state index in [2.05, 4.69) is 15.6 Å². The number of carbonyl (C=O) groups excluding carboxylic acids is 1. The van der Waals surface area contributed by atoms with E-state index in [0.717, 1.165) is 50.6 Å². The Bertz CT molecular complexity index is 1630. The van der Waals surface area contributed by atoms with Crippen LogP contribution in [0.25, 0.3) is 20.8 Å². The molecule has 2 aliphatic carbocycles. The predicted octanol–water partition coefficient (Wildman–Crippen LogP) is 3.75. The Hall–Kier alpha value is -3.42. The molecule has 7 rings (SSSR count). The van der Waals surface area contributed by atoms with Crippen LogP contribution >= 0.6 is 23.7 Å². The van der Waals surface area contributed by atoms with Gasteiger partial charge < -0.3 is 30.5 Å². The number of carbonyl (C=O) groups is 1. The smallest absolute Gasteiger partial charge is 0.228 e. The van der Waals surface area contributed by atoms with E-state index in [-0.39, 0.29) is 24.7 Å². The van der Waals surface area contributed by atoms with Crippen molar-refractivity contribution in [1.82, 2.24) is 24.8 Å². The molecule has 44 heavy (non-hydrogen) atoms. The van der Waals surface area contributed by atoms with Crippen molar-refractivity contribution in [3.05, 3.63) is 59.5 Å². The van der Waals surface area contributed by atoms with Crippen molar-refractivity contribution < 1.29 is 19.7 Å². The molecule has 3 aromatic heterocycles. The Balaban J connectivity index is 0.00000343. The second-order valence-corrected chi connectivity index (χ2v) is 12.6. The summed E-state index contributed by atoms with van der Waals surface area (Å²) in [6, 6.07) is 11.4. The number of morpholine rings is 1. The number of halogens is 1. The molecule has 1 amide bonds. The molecule has 3 fully saturated rings. The highest BCUT2D eigenvalue weighted by molar-refractivity contribution is 7.21. The van der Waals surface area contributed by atoms with Crippen LogP contribution in [0.4, 0.5) is 11.8 Å². The average Bonchev–Trinajstić information content (AvgIpc) is 3.73. The molecule has 4 atom stereocenters. The van der Waals surface area contributed by atoms with E-state index in [1.165, 1.54) is 0 Å². The number of thiazole rings is 1. The van der Waals surface area contributed by atoms with Crippen molar-refractivity contribution in [2.24, 2.45) is 5.92 Å². The van der Waals surface area contributed by atoms with Crippen molar-refractivity contribution in [2.45, 2.75) is 56.9 Å². The summed E-state index contributed by atoms with van der Waals surface area (Å²) >= 11 is 1.56. The predicted molar refractivity (Wildman–Crippen MR) is 171 cm³/mol. The number of hydrogen-bond acceptors (Lipinski definition) is 11. The normalized spacial score (nSPS) is 23.4. The minimum absolute atomic E-state index is 0. The van der Waals surface area contributed by atoms with Gasteiger partial charge in [0.25, 0.3) is 0 Å². The molecule has 13 heteroatoms. The van der Waals surface area contributed by atoms with E-state index < -0.39 is 24.2 Å². The van der Waals surface area contributed by atoms with Crippen molar-refractivity contribution >= 4 is 51.6 Å². The molecule has 1 aliphatic heterocycles. The van der Waals surface area contributed by atoms with Crippen LogP contribution < -0.4 is 10.6 Å². The second kappa shape index (κ2) is 12.9. The summed E-state index contributed by atoms with van der Waals surface area (Å²) in [7, 11) is 0. The van der Waals surface area contributed by atoms with Gasteiger partial charge in [-0.15, -0.1) is 23.7 Å². The quantitative estimate of drug-likeness (QED) is 0.225. The molecule has 0 radical (unpaired) electrons. The third-order valence-electron chi connectivity index (χ3n) is 8.54. The molecule has 11 nitrogen and oxygen atoms in total. The Morgan fingerprint density at radius 1 is 1.07 bits per heavy atom. The van der Waals surface area contributed by atoms with Crippen molar-refractivity contribution in [3.63, 3.8) is 0 Å². The number of pyridine rings is 1. The van der Waals surface area contributed by atoms with Gasteiger partial charge in [0.1, 0.15) is 22.4 Å². The van der Waals surface area contributed by atoms with Gasteiger partial charge in [-0.3, -0.25) is 9.78 Å². The topological polar surface area (TPSA) is 146 Å². The number of benzene rings is 1. The maximum absolute atomic E-state index is 13.3. The summed E-state index contributed by atoms with van der Waals surface area (Å²) in [6.45, 7) is 4.38. The fourth-order valence-electron chi connectivity index (χ4n) is 6.04. The number of aliphatic hydroxyl groups is 2. The van der Waals surface area contributed by atoms with Crippen LogP contribution in [-0.2, 0) is 16.1 Å². The first-order valence-corrected chi connectivity index (χ1v) is 15.7. The van der Waals surface area contributed by atoms with E-state index in [4.69, 9.17) is 19.7 Å². The Morgan fingerprint density at radius 3 is 2.59 bits per heavy atom. The zero-order valence-electron chi connectivity index (χ0n) is 24.3. The van der Waals surface area contributed by atoms with Crippen LogP contribution in [0.15, 0.2) is 42.6 Å². The molecule has 4 aromatic rings. The maximum atomic E-state index is 13.3. The lowest BCUT2D eigenvalue weighted by Crippen LogP contribution is -2.46. The lowest BCUT2D eigenvalue weighted by Gasteiger charge is -2.30. The molecule has 4 N–H and O–H groups in total. The first-order valence-electron chi connectivity index (χ1n) is 14.9. The molecule has 0 bridgehead atoms. The number of aryl methyl sites for hydroxylation is 1. The highest BCUT2D eigenvalue weighted by Crippen LogP contribution is 2.44. The number of aliphatic hydroxyl groups excluding tert-OH is 2. The fourth-order valence-corrected chi connectivity index (χ4v) is 7.11. The number of anilines is 2. The molecule has 232 valence electrons. The molecular weight excluding hydrogens is 602 g/mol. The number of rotatable bonds is 8. The van der Waals surface area contributed by atoms with Gasteiger partial charge in [0.05, 0.1) is 52.9 Å². The summed E-state index contributed by atoms with van der Waals surface area (Å²) in [5.74, 6) is 0.507. The number of ether oxygens (including phenoxy) is 1. The number of aromatic nitrogens is 4. The Labute approximate surface area is 265 Å². The van der Waals surface area contributed by atoms with Crippen molar-refractivity contribution in [1.29, 1.82) is 0 Å². The molecule has 0 unspecified atom stereocenters. The van der Waals surface area contributed by atoms with E-state index in [1.54, 1.807) is 16.2 Å². The van der Waals surface area contributed by atoms with Gasteiger partial charge >= 0.3 is 0 Å². The van der Waals surface area contributed by atoms with Gasteiger partial charge in [0.2, 0.25) is 11.9 Å². The van der Waals surface area contributed by atoms with Gasteiger partial charge in [0.15, 0.2) is 0 Å². The van der Waals surface area contributed by atoms with Gasteiger partial charge in [-0.2, -0.15) is 4.98 Å². The van der Waals surface area contributed by atoms with Crippen LogP contribution in [0.1, 0.15) is 42.1 Å². The van der Waals surface area contributed by atoms with Crippen LogP contribution in [0.5, 0.6) is 0 Å². The minimum atomic E-state index is -1.19. The third kappa shape index (κ3) is 6.09. The van der Waals surface area contributed by atoms with Gasteiger partial charge in [-0.1, -0.05) is 30.3 Å². The van der Waals surface area contributed by atoms with Crippen LogP contribution in [0, 0.1) is 12.8 Å². The maximum Gasteiger partial charge on any atom is 0.228 e. The lowest BCUT2D eigenvalue weighted by molar-refractivity contribution is -0.143. The summed E-state index contributed by atoms with van der Waals surface area (Å²) in [4.78, 5) is 34.3. The van der Waals surface area contributed by atoms with Crippen molar-refractivity contribution in [2.75, 3.05) is 36.9 Å². The summed E-state index contributed by atoms with van der Waals surface area (Å²) < 4.78 is 6.44. The molecule has 1 saturated heterocycles. The summed E-state index contributed by atoms with van der Waals surface area (Å²) in [5.41, 5.74) is 4.49. The van der Waals surface area contributed by atoms with Crippen LogP contribution in [-0.4, -0.2) is 85.5 Å². The first kappa shape index (κ1) is 30.6. The molecule has 0 spiro atoms. The monoisotopic (exact) mass is 637 g/mol. The average molecular weight is 638 g/mol. The largest absolute Gasteiger partial charge is 0.390 e. The number of amides is 1. The summed E-state index contributed by atoms with van der Waals surface area (Å²) in [5, 5.41) is 29.6. The van der Waals surface area contributed by atoms with Crippen LogP contribution in [0.3, 0.4) is 0 Å².